The molecule has 0 aliphatic heterocycles. The number of aryl methyl sites for hydroxylation is 2. The van der Waals surface area contributed by atoms with Crippen LogP contribution in [0.25, 0.3) is 0 Å². The van der Waals surface area contributed by atoms with Crippen LogP contribution in [-0.2, 0) is 14.8 Å². The molecule has 1 N–H and O–H groups in total. The van der Waals surface area contributed by atoms with Crippen LogP contribution in [0, 0.1) is 19.7 Å². The van der Waals surface area contributed by atoms with Crippen LogP contribution >= 0.6 is 0 Å². The van der Waals surface area contributed by atoms with Gasteiger partial charge in [-0.1, -0.05) is 6.07 Å². The zero-order valence-corrected chi connectivity index (χ0v) is 15.4. The molecule has 0 aromatic heterocycles. The SMILES string of the molecule is Cc1cc(C)cc(NC(=O)[C@H](C)N(c2ccc(F)cc2)S(C)(=O)=O)c1. The summed E-state index contributed by atoms with van der Waals surface area (Å²) in [6, 6.07) is 9.56. The summed E-state index contributed by atoms with van der Waals surface area (Å²) < 4.78 is 38.4. The smallest absolute Gasteiger partial charge is 0.247 e. The van der Waals surface area contributed by atoms with E-state index in [-0.39, 0.29) is 5.69 Å². The van der Waals surface area contributed by atoms with Gasteiger partial charge in [0.05, 0.1) is 11.9 Å². The monoisotopic (exact) mass is 364 g/mol. The number of hydrogen-bond acceptors (Lipinski definition) is 3. The molecule has 0 bridgehead atoms. The van der Waals surface area contributed by atoms with E-state index in [1.807, 2.05) is 19.9 Å². The molecule has 7 heteroatoms. The topological polar surface area (TPSA) is 66.5 Å². The number of halogens is 1. The van der Waals surface area contributed by atoms with Gasteiger partial charge in [0.1, 0.15) is 11.9 Å². The lowest BCUT2D eigenvalue weighted by molar-refractivity contribution is -0.116. The van der Waals surface area contributed by atoms with Crippen LogP contribution in [-0.4, -0.2) is 26.6 Å². The van der Waals surface area contributed by atoms with Gasteiger partial charge in [0.2, 0.25) is 15.9 Å². The third kappa shape index (κ3) is 4.79. The average molecular weight is 364 g/mol. The zero-order valence-electron chi connectivity index (χ0n) is 14.6. The minimum Gasteiger partial charge on any atom is -0.324 e. The predicted molar refractivity (Wildman–Crippen MR) is 97.7 cm³/mol. The molecule has 0 aliphatic carbocycles. The molecule has 0 unspecified atom stereocenters. The molecular formula is C18H21FN2O3S. The van der Waals surface area contributed by atoms with Crippen molar-refractivity contribution >= 4 is 27.3 Å². The first-order valence-corrected chi connectivity index (χ1v) is 9.57. The molecule has 0 saturated heterocycles. The van der Waals surface area contributed by atoms with Gasteiger partial charge in [0.25, 0.3) is 0 Å². The molecule has 5 nitrogen and oxygen atoms in total. The number of benzene rings is 2. The number of nitrogens with one attached hydrogen (secondary N) is 1. The van der Waals surface area contributed by atoms with E-state index in [0.29, 0.717) is 5.69 Å². The Morgan fingerprint density at radius 1 is 1.08 bits per heavy atom. The fourth-order valence-corrected chi connectivity index (χ4v) is 3.87. The first kappa shape index (κ1) is 18.9. The number of hydrogen-bond donors (Lipinski definition) is 1. The summed E-state index contributed by atoms with van der Waals surface area (Å²) in [4.78, 5) is 12.6. The molecule has 0 saturated carbocycles. The second kappa shape index (κ2) is 7.23. The molecular weight excluding hydrogens is 343 g/mol. The summed E-state index contributed by atoms with van der Waals surface area (Å²) in [6.45, 7) is 5.31. The van der Waals surface area contributed by atoms with Crippen molar-refractivity contribution in [2.24, 2.45) is 0 Å². The highest BCUT2D eigenvalue weighted by Crippen LogP contribution is 2.22. The summed E-state index contributed by atoms with van der Waals surface area (Å²) in [5.41, 5.74) is 2.80. The first-order chi connectivity index (χ1) is 11.6. The Morgan fingerprint density at radius 2 is 1.60 bits per heavy atom. The number of nitrogens with zero attached hydrogens (tertiary/aromatic N) is 1. The minimum atomic E-state index is -3.73. The van der Waals surface area contributed by atoms with Crippen molar-refractivity contribution in [2.45, 2.75) is 26.8 Å². The highest BCUT2D eigenvalue weighted by Gasteiger charge is 2.29. The number of carbonyl (C=O) groups is 1. The highest BCUT2D eigenvalue weighted by molar-refractivity contribution is 7.92. The van der Waals surface area contributed by atoms with E-state index in [1.54, 1.807) is 12.1 Å². The normalized spacial score (nSPS) is 12.5. The van der Waals surface area contributed by atoms with Crippen molar-refractivity contribution in [3.63, 3.8) is 0 Å². The van der Waals surface area contributed by atoms with Gasteiger partial charge in [0, 0.05) is 5.69 Å². The van der Waals surface area contributed by atoms with E-state index in [2.05, 4.69) is 5.32 Å². The average Bonchev–Trinajstić information content (AvgIpc) is 2.47. The maximum atomic E-state index is 13.1. The van der Waals surface area contributed by atoms with Crippen molar-refractivity contribution in [1.82, 2.24) is 0 Å². The Bertz CT molecular complexity index is 859. The molecule has 0 aliphatic rings. The van der Waals surface area contributed by atoms with E-state index in [0.717, 1.165) is 33.8 Å². The van der Waals surface area contributed by atoms with Crippen LogP contribution in [0.2, 0.25) is 0 Å². The molecule has 2 aromatic carbocycles. The quantitative estimate of drug-likeness (QED) is 0.886. The highest BCUT2D eigenvalue weighted by atomic mass is 32.2. The van der Waals surface area contributed by atoms with Crippen LogP contribution in [0.4, 0.5) is 15.8 Å². The molecule has 25 heavy (non-hydrogen) atoms. The molecule has 1 amide bonds. The fraction of sp³-hybridized carbons (Fsp3) is 0.278. The standard InChI is InChI=1S/C18H21FN2O3S/c1-12-9-13(2)11-16(10-12)20-18(22)14(3)21(25(4,23)24)17-7-5-15(19)6-8-17/h5-11,14H,1-4H3,(H,20,22)/t14-/m0/s1. The van der Waals surface area contributed by atoms with Gasteiger partial charge in [-0.25, -0.2) is 12.8 Å². The van der Waals surface area contributed by atoms with E-state index < -0.39 is 27.8 Å². The second-order valence-electron chi connectivity index (χ2n) is 6.08. The fourth-order valence-electron chi connectivity index (χ4n) is 2.69. The predicted octanol–water partition coefficient (Wildman–Crippen LogP) is 3.24. The third-order valence-electron chi connectivity index (χ3n) is 3.66. The van der Waals surface area contributed by atoms with E-state index in [1.165, 1.54) is 19.1 Å². The van der Waals surface area contributed by atoms with E-state index >= 15 is 0 Å². The number of amides is 1. The molecule has 1 atom stereocenters. The summed E-state index contributed by atoms with van der Waals surface area (Å²) in [5, 5.41) is 2.74. The van der Waals surface area contributed by atoms with Crippen LogP contribution in [0.5, 0.6) is 0 Å². The lowest BCUT2D eigenvalue weighted by Gasteiger charge is -2.28. The molecule has 2 aromatic rings. The second-order valence-corrected chi connectivity index (χ2v) is 7.94. The van der Waals surface area contributed by atoms with Crippen molar-refractivity contribution in [3.8, 4) is 0 Å². The molecule has 0 radical (unpaired) electrons. The van der Waals surface area contributed by atoms with Crippen LogP contribution < -0.4 is 9.62 Å². The Labute approximate surface area is 147 Å². The van der Waals surface area contributed by atoms with Crippen LogP contribution in [0.3, 0.4) is 0 Å². The third-order valence-corrected chi connectivity index (χ3v) is 4.90. The lowest BCUT2D eigenvalue weighted by atomic mass is 10.1. The lowest BCUT2D eigenvalue weighted by Crippen LogP contribution is -2.45. The van der Waals surface area contributed by atoms with Gasteiger partial charge in [-0.05, 0) is 68.3 Å². The number of sulfonamides is 1. The summed E-state index contributed by atoms with van der Waals surface area (Å²) in [7, 11) is -3.73. The summed E-state index contributed by atoms with van der Waals surface area (Å²) in [6.07, 6.45) is 1.01. The van der Waals surface area contributed by atoms with Gasteiger partial charge in [-0.3, -0.25) is 9.10 Å². The molecule has 0 spiro atoms. The minimum absolute atomic E-state index is 0.229. The zero-order chi connectivity index (χ0) is 18.8. The van der Waals surface area contributed by atoms with Crippen LogP contribution in [0.1, 0.15) is 18.1 Å². The maximum absolute atomic E-state index is 13.1. The van der Waals surface area contributed by atoms with Crippen molar-refractivity contribution in [3.05, 3.63) is 59.4 Å². The van der Waals surface area contributed by atoms with Gasteiger partial charge >= 0.3 is 0 Å². The molecule has 2 rings (SSSR count). The van der Waals surface area contributed by atoms with Gasteiger partial charge in [-0.15, -0.1) is 0 Å². The Hall–Kier alpha value is -2.41. The van der Waals surface area contributed by atoms with Gasteiger partial charge in [-0.2, -0.15) is 0 Å². The Balaban J connectivity index is 2.31. The molecule has 0 fully saturated rings. The maximum Gasteiger partial charge on any atom is 0.247 e. The van der Waals surface area contributed by atoms with Crippen molar-refractivity contribution in [1.29, 1.82) is 0 Å². The number of anilines is 2. The van der Waals surface area contributed by atoms with Crippen molar-refractivity contribution in [2.75, 3.05) is 15.9 Å². The van der Waals surface area contributed by atoms with E-state index in [9.17, 15) is 17.6 Å². The largest absolute Gasteiger partial charge is 0.324 e. The van der Waals surface area contributed by atoms with E-state index in [4.69, 9.17) is 0 Å². The first-order valence-electron chi connectivity index (χ1n) is 7.72. The molecule has 134 valence electrons. The Kier molecular flexibility index (Phi) is 5.47. The van der Waals surface area contributed by atoms with Crippen molar-refractivity contribution < 1.29 is 17.6 Å². The van der Waals surface area contributed by atoms with Crippen LogP contribution in [0.15, 0.2) is 42.5 Å². The number of rotatable bonds is 5. The summed E-state index contributed by atoms with van der Waals surface area (Å²) >= 11 is 0. The van der Waals surface area contributed by atoms with Gasteiger partial charge < -0.3 is 5.32 Å². The summed E-state index contributed by atoms with van der Waals surface area (Å²) in [5.74, 6) is -0.954. The van der Waals surface area contributed by atoms with Gasteiger partial charge in [0.15, 0.2) is 0 Å². The molecule has 0 heterocycles. The number of carbonyl (C=O) groups excluding carboxylic acids is 1. The Morgan fingerprint density at radius 3 is 2.08 bits per heavy atom.